The Labute approximate surface area is 170 Å². The lowest BCUT2D eigenvalue weighted by Gasteiger charge is -2.27. The van der Waals surface area contributed by atoms with Crippen molar-refractivity contribution in [1.29, 1.82) is 0 Å². The van der Waals surface area contributed by atoms with Crippen molar-refractivity contribution in [2.45, 2.75) is 84.8 Å². The van der Waals surface area contributed by atoms with Gasteiger partial charge in [0.05, 0.1) is 19.2 Å². The average Bonchev–Trinajstić information content (AvgIpc) is 2.56. The first-order valence-corrected chi connectivity index (χ1v) is 10.1. The van der Waals surface area contributed by atoms with Gasteiger partial charge in [-0.05, 0) is 54.4 Å². The number of aliphatic imine (C=N–C) groups is 1. The highest BCUT2D eigenvalue weighted by molar-refractivity contribution is 5.79. The van der Waals surface area contributed by atoms with E-state index in [9.17, 15) is 9.59 Å². The highest BCUT2D eigenvalue weighted by Gasteiger charge is 2.24. The molecule has 0 aromatic carbocycles. The lowest BCUT2D eigenvalue weighted by Crippen LogP contribution is -2.49. The molecule has 0 rings (SSSR count). The molecule has 0 aliphatic heterocycles. The van der Waals surface area contributed by atoms with E-state index in [0.717, 1.165) is 44.7 Å². The third-order valence-electron chi connectivity index (χ3n) is 3.64. The number of carbonyl (C=O) groups excluding carboxylic acids is 2. The third kappa shape index (κ3) is 15.1. The second-order valence-electron chi connectivity index (χ2n) is 8.37. The maximum atomic E-state index is 12.0. The van der Waals surface area contributed by atoms with E-state index in [1.165, 1.54) is 7.11 Å². The summed E-state index contributed by atoms with van der Waals surface area (Å²) in [5, 5.41) is 9.36. The van der Waals surface area contributed by atoms with Crippen molar-refractivity contribution in [3.8, 4) is 0 Å². The zero-order valence-corrected chi connectivity index (χ0v) is 18.7. The molecule has 0 radical (unpaired) electrons. The number of hydrogen-bond acceptors (Lipinski definition) is 5. The second kappa shape index (κ2) is 13.2. The van der Waals surface area contributed by atoms with Crippen molar-refractivity contribution < 1.29 is 19.1 Å². The van der Waals surface area contributed by atoms with Gasteiger partial charge < -0.3 is 25.4 Å². The van der Waals surface area contributed by atoms with Crippen LogP contribution in [0.2, 0.25) is 0 Å². The van der Waals surface area contributed by atoms with Crippen molar-refractivity contribution in [3.63, 3.8) is 0 Å². The van der Waals surface area contributed by atoms with Crippen LogP contribution in [0.4, 0.5) is 4.79 Å². The van der Waals surface area contributed by atoms with E-state index in [2.05, 4.69) is 25.7 Å². The predicted octanol–water partition coefficient (Wildman–Crippen LogP) is 2.97. The zero-order valence-electron chi connectivity index (χ0n) is 18.7. The van der Waals surface area contributed by atoms with Gasteiger partial charge >= 0.3 is 12.1 Å². The molecule has 0 aromatic rings. The van der Waals surface area contributed by atoms with Gasteiger partial charge in [0.15, 0.2) is 5.96 Å². The lowest BCUT2D eigenvalue weighted by atomic mass is 10.1. The number of unbranched alkanes of at least 4 members (excludes halogenated alkanes) is 3. The molecule has 0 atom stereocenters. The van der Waals surface area contributed by atoms with Crippen LogP contribution in [0.5, 0.6) is 0 Å². The van der Waals surface area contributed by atoms with Gasteiger partial charge in [0.2, 0.25) is 0 Å². The number of rotatable bonds is 11. The van der Waals surface area contributed by atoms with Gasteiger partial charge in [-0.15, -0.1) is 0 Å². The van der Waals surface area contributed by atoms with Gasteiger partial charge in [-0.1, -0.05) is 12.8 Å². The highest BCUT2D eigenvalue weighted by atomic mass is 16.6. The Morgan fingerprint density at radius 1 is 0.964 bits per heavy atom. The molecular formula is C20H40N4O4. The maximum absolute atomic E-state index is 12.0. The molecule has 164 valence electrons. The van der Waals surface area contributed by atoms with Crippen molar-refractivity contribution in [3.05, 3.63) is 0 Å². The number of methoxy groups -OCH3 is 1. The van der Waals surface area contributed by atoms with Gasteiger partial charge in [0.25, 0.3) is 0 Å². The number of nitrogens with one attached hydrogen (secondary N) is 3. The SMILES string of the molecule is CCNC(=NCC(C)(C)NC(=O)OC(C)(C)C)NCCCCCCC(=O)OC. The molecule has 0 aliphatic carbocycles. The number of carbonyl (C=O) groups is 2. The number of ether oxygens (including phenoxy) is 2. The lowest BCUT2D eigenvalue weighted by molar-refractivity contribution is -0.140. The Morgan fingerprint density at radius 2 is 1.61 bits per heavy atom. The summed E-state index contributed by atoms with van der Waals surface area (Å²) in [6, 6.07) is 0. The van der Waals surface area contributed by atoms with E-state index >= 15 is 0 Å². The normalized spacial score (nSPS) is 12.3. The van der Waals surface area contributed by atoms with Gasteiger partial charge in [0, 0.05) is 19.5 Å². The Balaban J connectivity index is 4.29. The van der Waals surface area contributed by atoms with E-state index in [4.69, 9.17) is 4.74 Å². The van der Waals surface area contributed by atoms with Gasteiger partial charge in [0.1, 0.15) is 5.60 Å². The van der Waals surface area contributed by atoms with Crippen LogP contribution in [-0.4, -0.2) is 55.9 Å². The summed E-state index contributed by atoms with van der Waals surface area (Å²) < 4.78 is 9.93. The van der Waals surface area contributed by atoms with Crippen molar-refractivity contribution in [2.75, 3.05) is 26.7 Å². The molecule has 8 heteroatoms. The number of guanidine groups is 1. The standard InChI is InChI=1S/C20H40N4O4/c1-8-21-17(22-14-12-10-9-11-13-16(25)27-7)23-15-20(5,6)24-18(26)28-19(2,3)4/h8-15H2,1-7H3,(H,24,26)(H2,21,22,23). The summed E-state index contributed by atoms with van der Waals surface area (Å²) in [4.78, 5) is 27.6. The Bertz CT molecular complexity index is 499. The van der Waals surface area contributed by atoms with Crippen LogP contribution in [0, 0.1) is 0 Å². The topological polar surface area (TPSA) is 101 Å². The number of esters is 1. The molecule has 0 saturated carbocycles. The van der Waals surface area contributed by atoms with Crippen molar-refractivity contribution in [2.24, 2.45) is 4.99 Å². The minimum absolute atomic E-state index is 0.151. The molecule has 0 spiro atoms. The summed E-state index contributed by atoms with van der Waals surface area (Å²) in [6.45, 7) is 13.3. The molecule has 0 aliphatic rings. The molecule has 0 saturated heterocycles. The van der Waals surface area contributed by atoms with E-state index in [1.807, 2.05) is 41.5 Å². The number of nitrogens with zero attached hydrogens (tertiary/aromatic N) is 1. The highest BCUT2D eigenvalue weighted by Crippen LogP contribution is 2.10. The Hall–Kier alpha value is -1.99. The first-order chi connectivity index (χ1) is 13.0. The van der Waals surface area contributed by atoms with E-state index < -0.39 is 17.2 Å². The molecular weight excluding hydrogens is 360 g/mol. The smallest absolute Gasteiger partial charge is 0.408 e. The fourth-order valence-corrected chi connectivity index (χ4v) is 2.29. The van der Waals surface area contributed by atoms with Crippen LogP contribution in [0.15, 0.2) is 4.99 Å². The zero-order chi connectivity index (χ0) is 21.6. The summed E-state index contributed by atoms with van der Waals surface area (Å²) in [5.41, 5.74) is -1.06. The number of amides is 1. The van der Waals surface area contributed by atoms with Crippen LogP contribution < -0.4 is 16.0 Å². The quantitative estimate of drug-likeness (QED) is 0.213. The number of alkyl carbamates (subject to hydrolysis) is 1. The van der Waals surface area contributed by atoms with Gasteiger partial charge in [-0.2, -0.15) is 0 Å². The molecule has 0 aromatic heterocycles. The van der Waals surface area contributed by atoms with Crippen LogP contribution in [0.3, 0.4) is 0 Å². The molecule has 0 bridgehead atoms. The van der Waals surface area contributed by atoms with Gasteiger partial charge in [-0.25, -0.2) is 4.79 Å². The Morgan fingerprint density at radius 3 is 2.18 bits per heavy atom. The van der Waals surface area contributed by atoms with Crippen LogP contribution in [-0.2, 0) is 14.3 Å². The number of hydrogen-bond donors (Lipinski definition) is 3. The van der Waals surface area contributed by atoms with Crippen LogP contribution in [0.25, 0.3) is 0 Å². The van der Waals surface area contributed by atoms with Crippen LogP contribution in [0.1, 0.15) is 73.6 Å². The van der Waals surface area contributed by atoms with E-state index in [1.54, 1.807) is 0 Å². The molecule has 0 heterocycles. The van der Waals surface area contributed by atoms with Crippen LogP contribution >= 0.6 is 0 Å². The maximum Gasteiger partial charge on any atom is 0.408 e. The van der Waals surface area contributed by atoms with E-state index in [-0.39, 0.29) is 5.97 Å². The molecule has 0 fully saturated rings. The third-order valence-corrected chi connectivity index (χ3v) is 3.64. The molecule has 1 amide bonds. The minimum Gasteiger partial charge on any atom is -0.469 e. The summed E-state index contributed by atoms with van der Waals surface area (Å²) in [7, 11) is 1.41. The average molecular weight is 401 g/mol. The largest absolute Gasteiger partial charge is 0.469 e. The van der Waals surface area contributed by atoms with Crippen molar-refractivity contribution in [1.82, 2.24) is 16.0 Å². The molecule has 8 nitrogen and oxygen atoms in total. The van der Waals surface area contributed by atoms with Crippen molar-refractivity contribution >= 4 is 18.0 Å². The fraction of sp³-hybridized carbons (Fsp3) is 0.850. The predicted molar refractivity (Wildman–Crippen MR) is 113 cm³/mol. The monoisotopic (exact) mass is 400 g/mol. The molecule has 28 heavy (non-hydrogen) atoms. The molecule has 0 unspecified atom stereocenters. The first-order valence-electron chi connectivity index (χ1n) is 10.1. The van der Waals surface area contributed by atoms with Gasteiger partial charge in [-0.3, -0.25) is 9.79 Å². The Kier molecular flexibility index (Phi) is 12.3. The van der Waals surface area contributed by atoms with E-state index in [0.29, 0.717) is 13.0 Å². The first kappa shape index (κ1) is 26.0. The summed E-state index contributed by atoms with van der Waals surface area (Å²) >= 11 is 0. The minimum atomic E-state index is -0.531. The molecule has 3 N–H and O–H groups in total. The summed E-state index contributed by atoms with van der Waals surface area (Å²) in [6.07, 6.45) is 3.91. The fourth-order valence-electron chi connectivity index (χ4n) is 2.29. The summed E-state index contributed by atoms with van der Waals surface area (Å²) in [5.74, 6) is 0.568. The second-order valence-corrected chi connectivity index (χ2v) is 8.37.